The maximum absolute atomic E-state index is 14.0. The van der Waals surface area contributed by atoms with Crippen LogP contribution in [-0.2, 0) is 0 Å². The fraction of sp³-hybridized carbons (Fsp3) is 0. The molecule has 0 saturated carbocycles. The molecule has 0 radical (unpaired) electrons. The SMILES string of the molecule is O=c1c2cc(F)c(Cl)cc2n(-c2ccccc2)c(=O)n1-c1ccccc1. The molecule has 0 amide bonds. The molecule has 1 heterocycles. The number of para-hydroxylation sites is 2. The molecule has 0 saturated heterocycles. The van der Waals surface area contributed by atoms with E-state index in [2.05, 4.69) is 0 Å². The van der Waals surface area contributed by atoms with Gasteiger partial charge in [-0.3, -0.25) is 9.36 Å². The third-order valence-corrected chi connectivity index (χ3v) is 4.41. The molecule has 0 aliphatic carbocycles. The normalized spacial score (nSPS) is 11.0. The molecule has 1 aromatic heterocycles. The number of hydrogen-bond acceptors (Lipinski definition) is 2. The van der Waals surface area contributed by atoms with E-state index < -0.39 is 17.1 Å². The lowest BCUT2D eigenvalue weighted by Gasteiger charge is -2.14. The summed E-state index contributed by atoms with van der Waals surface area (Å²) in [6.07, 6.45) is 0. The molecule has 0 bridgehead atoms. The van der Waals surface area contributed by atoms with Crippen molar-refractivity contribution < 1.29 is 4.39 Å². The molecule has 0 fully saturated rings. The van der Waals surface area contributed by atoms with Gasteiger partial charge in [-0.05, 0) is 36.4 Å². The zero-order valence-corrected chi connectivity index (χ0v) is 14.2. The first-order valence-electron chi connectivity index (χ1n) is 7.85. The molecule has 4 aromatic rings. The topological polar surface area (TPSA) is 44.0 Å². The van der Waals surface area contributed by atoms with Gasteiger partial charge in [0.05, 0.1) is 27.3 Å². The predicted octanol–water partition coefficient (Wildman–Crippen LogP) is 3.93. The quantitative estimate of drug-likeness (QED) is 0.539. The van der Waals surface area contributed by atoms with Crippen molar-refractivity contribution in [3.63, 3.8) is 0 Å². The predicted molar refractivity (Wildman–Crippen MR) is 100 cm³/mol. The maximum atomic E-state index is 14.0. The molecular formula is C20H12ClFN2O2. The fourth-order valence-electron chi connectivity index (χ4n) is 2.93. The van der Waals surface area contributed by atoms with Gasteiger partial charge in [-0.15, -0.1) is 0 Å². The number of halogens is 2. The molecule has 6 heteroatoms. The van der Waals surface area contributed by atoms with E-state index in [1.54, 1.807) is 54.6 Å². The number of hydrogen-bond donors (Lipinski definition) is 0. The van der Waals surface area contributed by atoms with E-state index in [4.69, 9.17) is 11.6 Å². The molecule has 0 spiro atoms. The van der Waals surface area contributed by atoms with Gasteiger partial charge < -0.3 is 0 Å². The number of rotatable bonds is 2. The molecular weight excluding hydrogens is 355 g/mol. The summed E-state index contributed by atoms with van der Waals surface area (Å²) in [5, 5.41) is -0.0855. The highest BCUT2D eigenvalue weighted by Crippen LogP contribution is 2.22. The molecule has 0 N–H and O–H groups in total. The van der Waals surface area contributed by atoms with Crippen molar-refractivity contribution in [1.82, 2.24) is 9.13 Å². The first-order valence-corrected chi connectivity index (χ1v) is 8.23. The molecule has 128 valence electrons. The van der Waals surface area contributed by atoms with Crippen molar-refractivity contribution in [3.05, 3.63) is 104 Å². The van der Waals surface area contributed by atoms with Crippen LogP contribution >= 0.6 is 11.6 Å². The minimum Gasteiger partial charge on any atom is -0.268 e. The number of benzene rings is 3. The Morgan fingerprint density at radius 2 is 1.31 bits per heavy atom. The Labute approximate surface area is 152 Å². The largest absolute Gasteiger partial charge is 0.340 e. The van der Waals surface area contributed by atoms with E-state index in [-0.39, 0.29) is 15.9 Å². The average Bonchev–Trinajstić information content (AvgIpc) is 2.66. The average molecular weight is 367 g/mol. The van der Waals surface area contributed by atoms with Crippen LogP contribution < -0.4 is 11.2 Å². The van der Waals surface area contributed by atoms with Crippen molar-refractivity contribution >= 4 is 22.5 Å². The van der Waals surface area contributed by atoms with Crippen LogP contribution in [0.15, 0.2) is 82.4 Å². The second kappa shape index (κ2) is 6.28. The highest BCUT2D eigenvalue weighted by atomic mass is 35.5. The monoisotopic (exact) mass is 366 g/mol. The standard InChI is InChI=1S/C20H12ClFN2O2/c21-16-12-18-15(11-17(16)22)19(25)24(14-9-5-2-6-10-14)20(26)23(18)13-7-3-1-4-8-13/h1-12H. The van der Waals surface area contributed by atoms with Crippen LogP contribution in [-0.4, -0.2) is 9.13 Å². The van der Waals surface area contributed by atoms with Gasteiger partial charge in [0.25, 0.3) is 5.56 Å². The molecule has 0 atom stereocenters. The Morgan fingerprint density at radius 3 is 1.88 bits per heavy atom. The summed E-state index contributed by atoms with van der Waals surface area (Å²) in [5.41, 5.74) is 0.0607. The van der Waals surface area contributed by atoms with Crippen LogP contribution in [0.3, 0.4) is 0 Å². The second-order valence-corrected chi connectivity index (χ2v) is 6.12. The highest BCUT2D eigenvalue weighted by molar-refractivity contribution is 6.31. The summed E-state index contributed by atoms with van der Waals surface area (Å²) in [7, 11) is 0. The van der Waals surface area contributed by atoms with Crippen LogP contribution in [0.25, 0.3) is 22.3 Å². The van der Waals surface area contributed by atoms with Gasteiger partial charge >= 0.3 is 5.69 Å². The number of fused-ring (bicyclic) bond motifs is 1. The van der Waals surface area contributed by atoms with Gasteiger partial charge in [0.2, 0.25) is 0 Å². The Balaban J connectivity index is 2.24. The minimum absolute atomic E-state index is 0.0687. The third kappa shape index (κ3) is 2.53. The van der Waals surface area contributed by atoms with Gasteiger partial charge in [0, 0.05) is 0 Å². The van der Waals surface area contributed by atoms with Gasteiger partial charge in [-0.25, -0.2) is 13.8 Å². The Hall–Kier alpha value is -3.18. The van der Waals surface area contributed by atoms with Crippen molar-refractivity contribution in [2.75, 3.05) is 0 Å². The van der Waals surface area contributed by atoms with E-state index in [0.717, 1.165) is 10.6 Å². The van der Waals surface area contributed by atoms with Gasteiger partial charge in [0.15, 0.2) is 0 Å². The van der Waals surface area contributed by atoms with Crippen LogP contribution in [0.5, 0.6) is 0 Å². The van der Waals surface area contributed by atoms with Crippen molar-refractivity contribution in [1.29, 1.82) is 0 Å². The van der Waals surface area contributed by atoms with E-state index in [0.29, 0.717) is 11.4 Å². The van der Waals surface area contributed by atoms with Crippen molar-refractivity contribution in [2.45, 2.75) is 0 Å². The second-order valence-electron chi connectivity index (χ2n) is 5.71. The van der Waals surface area contributed by atoms with Crippen LogP contribution in [0.4, 0.5) is 4.39 Å². The third-order valence-electron chi connectivity index (χ3n) is 4.12. The summed E-state index contributed by atoms with van der Waals surface area (Å²) < 4.78 is 16.4. The van der Waals surface area contributed by atoms with E-state index in [9.17, 15) is 14.0 Å². The maximum Gasteiger partial charge on any atom is 0.340 e. The van der Waals surface area contributed by atoms with Crippen LogP contribution in [0, 0.1) is 5.82 Å². The minimum atomic E-state index is -0.714. The molecule has 3 aromatic carbocycles. The lowest BCUT2D eigenvalue weighted by molar-refractivity contribution is 0.629. The number of nitrogens with zero attached hydrogens (tertiary/aromatic N) is 2. The summed E-state index contributed by atoms with van der Waals surface area (Å²) >= 11 is 5.91. The summed E-state index contributed by atoms with van der Waals surface area (Å²) in [6, 6.07) is 19.7. The van der Waals surface area contributed by atoms with Gasteiger partial charge in [-0.2, -0.15) is 0 Å². The number of aromatic nitrogens is 2. The smallest absolute Gasteiger partial charge is 0.268 e. The molecule has 4 rings (SSSR count). The van der Waals surface area contributed by atoms with Gasteiger partial charge in [0.1, 0.15) is 5.82 Å². The van der Waals surface area contributed by atoms with Crippen LogP contribution in [0.2, 0.25) is 5.02 Å². The lowest BCUT2D eigenvalue weighted by atomic mass is 10.2. The summed E-state index contributed by atoms with van der Waals surface area (Å²) in [5.74, 6) is -0.714. The first kappa shape index (κ1) is 16.3. The van der Waals surface area contributed by atoms with E-state index >= 15 is 0 Å². The fourth-order valence-corrected chi connectivity index (χ4v) is 3.09. The van der Waals surface area contributed by atoms with E-state index in [1.807, 2.05) is 6.07 Å². The molecule has 0 aliphatic rings. The van der Waals surface area contributed by atoms with E-state index in [1.165, 1.54) is 10.6 Å². The summed E-state index contributed by atoms with van der Waals surface area (Å²) in [4.78, 5) is 26.1. The zero-order valence-electron chi connectivity index (χ0n) is 13.4. The van der Waals surface area contributed by atoms with Gasteiger partial charge in [-0.1, -0.05) is 48.0 Å². The molecule has 0 aliphatic heterocycles. The zero-order chi connectivity index (χ0) is 18.3. The molecule has 0 unspecified atom stereocenters. The van der Waals surface area contributed by atoms with Crippen molar-refractivity contribution in [3.8, 4) is 11.4 Å². The first-order chi connectivity index (χ1) is 12.6. The van der Waals surface area contributed by atoms with Crippen LogP contribution in [0.1, 0.15) is 0 Å². The highest BCUT2D eigenvalue weighted by Gasteiger charge is 2.17. The Bertz CT molecular complexity index is 1230. The molecule has 4 nitrogen and oxygen atoms in total. The molecule has 26 heavy (non-hydrogen) atoms. The Kier molecular flexibility index (Phi) is 3.93. The van der Waals surface area contributed by atoms with Crippen molar-refractivity contribution in [2.24, 2.45) is 0 Å². The lowest BCUT2D eigenvalue weighted by Crippen LogP contribution is -2.38. The summed E-state index contributed by atoms with van der Waals surface area (Å²) in [6.45, 7) is 0. The Morgan fingerprint density at radius 1 is 0.769 bits per heavy atom.